The van der Waals surface area contributed by atoms with Gasteiger partial charge in [-0.15, -0.1) is 5.10 Å². The standard InChI is InChI=1S/C65H72FN13O8.Pd/c1-36(2)57(62(82)76-24-7-9-53(76)61(81)70-52(34-80)41-16-18-42(19-17-41)59-67-22-8-23-68-59)79-33-51(74-75-79)40-12-10-38(11-13-40)35-85-58-55(54-37(3)49(66)29-50-48(54)30-69-73-50)46(39-14-15-39)28-47-56(58)71-63(86-45-20-25-84-26-21-45)72-60(47)77-31-44-27-43(77)32-78(44)64(83)87-65(4,5)6;/h8,10-13,16-19,22-23,28-30,33,36,39,43-45,52-53,57,80H,7,9,14-15,20-21,24-27,31-32,34-35H2,1-6H3,(H2,69,70,71,72,73,81);/p-1. The smallest absolute Gasteiger partial charge is 0.410 e. The molecule has 4 aromatic carbocycles. The zero-order valence-electron chi connectivity index (χ0n) is 50.0. The van der Waals surface area contributed by atoms with Crippen molar-refractivity contribution in [3.63, 3.8) is 0 Å². The van der Waals surface area contributed by atoms with Crippen LogP contribution in [-0.2, 0) is 46.1 Å². The van der Waals surface area contributed by atoms with E-state index in [0.717, 1.165) is 52.5 Å². The number of ether oxygens (including phenoxy) is 4. The summed E-state index contributed by atoms with van der Waals surface area (Å²) in [6, 6.07) is 18.3. The maximum Gasteiger partial charge on any atom is 0.410 e. The second-order valence-electron chi connectivity index (χ2n) is 24.9. The number of fused-ring (bicyclic) bond motifs is 4. The molecular formula is C65H71FN13O8Pd-. The van der Waals surface area contributed by atoms with Gasteiger partial charge in [-0.05, 0) is 123 Å². The molecule has 3 amide bonds. The van der Waals surface area contributed by atoms with Gasteiger partial charge in [0.2, 0.25) is 11.8 Å². The Kier molecular flexibility index (Phi) is 17.1. The molecule has 8 aromatic rings. The van der Waals surface area contributed by atoms with Gasteiger partial charge in [-0.3, -0.25) is 9.59 Å². The summed E-state index contributed by atoms with van der Waals surface area (Å²) in [7, 11) is 0. The average molecular weight is 1290 g/mol. The number of aliphatic hydroxyl groups is 1. The predicted octanol–water partition coefficient (Wildman–Crippen LogP) is 9.21. The zero-order chi connectivity index (χ0) is 60.3. The Bertz CT molecular complexity index is 3870. The van der Waals surface area contributed by atoms with Crippen molar-refractivity contribution in [2.24, 2.45) is 5.92 Å². The number of hydrogen-bond donors (Lipinski definition) is 2. The normalized spacial score (nSPS) is 19.3. The maximum atomic E-state index is 16.3. The van der Waals surface area contributed by atoms with Crippen molar-refractivity contribution in [1.82, 2.24) is 60.2 Å². The maximum absolute atomic E-state index is 16.3. The van der Waals surface area contributed by atoms with E-state index in [1.165, 1.54) is 6.07 Å². The Morgan fingerprint density at radius 3 is 2.34 bits per heavy atom. The zero-order valence-corrected chi connectivity index (χ0v) is 51.6. The molecule has 21 nitrogen and oxygen atoms in total. The molecule has 88 heavy (non-hydrogen) atoms. The van der Waals surface area contributed by atoms with Gasteiger partial charge in [0.15, 0.2) is 11.6 Å². The van der Waals surface area contributed by atoms with Gasteiger partial charge < -0.3 is 54.3 Å². The molecule has 0 radical (unpaired) electrons. The number of anilines is 1. The Hall–Kier alpha value is -7.97. The van der Waals surface area contributed by atoms with Crippen LogP contribution in [0.1, 0.15) is 120 Å². The molecule has 4 aromatic heterocycles. The quantitative estimate of drug-likeness (QED) is 0.0808. The van der Waals surface area contributed by atoms with Crippen LogP contribution in [0.4, 0.5) is 15.0 Å². The fourth-order valence-electron chi connectivity index (χ4n) is 12.9. The van der Waals surface area contributed by atoms with Crippen LogP contribution in [0, 0.1) is 18.7 Å². The number of amides is 3. The van der Waals surface area contributed by atoms with Crippen LogP contribution in [0.3, 0.4) is 0 Å². The first-order chi connectivity index (χ1) is 42.1. The van der Waals surface area contributed by atoms with E-state index in [-0.39, 0.29) is 87.6 Å². The van der Waals surface area contributed by atoms with Gasteiger partial charge in [-0.1, -0.05) is 67.6 Å². The molecule has 4 aliphatic heterocycles. The van der Waals surface area contributed by atoms with Crippen LogP contribution in [0.5, 0.6) is 11.8 Å². The largest absolute Gasteiger partial charge is 0.581 e. The first-order valence-electron chi connectivity index (χ1n) is 30.3. The van der Waals surface area contributed by atoms with Crippen molar-refractivity contribution in [2.75, 3.05) is 44.4 Å². The summed E-state index contributed by atoms with van der Waals surface area (Å²) < 4.78 is 43.3. The van der Waals surface area contributed by atoms with Crippen LogP contribution in [0.15, 0.2) is 91.5 Å². The molecule has 23 heteroatoms. The third kappa shape index (κ3) is 12.0. The molecular weight excluding hydrogens is 1220 g/mol. The number of rotatable bonds is 17. The molecule has 0 spiro atoms. The van der Waals surface area contributed by atoms with Crippen LogP contribution in [0.2, 0.25) is 0 Å². The molecule has 5 fully saturated rings. The first-order valence-corrected chi connectivity index (χ1v) is 30.3. The minimum absolute atomic E-state index is 0. The van der Waals surface area contributed by atoms with Crippen LogP contribution >= 0.6 is 0 Å². The van der Waals surface area contributed by atoms with Gasteiger partial charge in [0.25, 0.3) is 0 Å². The minimum Gasteiger partial charge on any atom is -0.581 e. The number of hydrogen-bond acceptors (Lipinski definition) is 16. The number of nitrogens with one attached hydrogen (secondary N) is 1. The van der Waals surface area contributed by atoms with Crippen molar-refractivity contribution >= 4 is 45.5 Å². The Morgan fingerprint density at radius 1 is 0.898 bits per heavy atom. The number of carbonyl (C=O) groups is 3. The van der Waals surface area contributed by atoms with E-state index in [1.807, 2.05) is 88.0 Å². The second-order valence-corrected chi connectivity index (χ2v) is 24.9. The minimum atomic E-state index is -0.758. The topological polar surface area (TPSA) is 239 Å². The SMILES string of the molecule is Cc1c(F)cc2n[n-]cc2c1-c1c(C2CC2)cc2c(N3CC4CC3CN4C(=O)OC(C)(C)C)nc(OC3CCOCC3)nc2c1OCc1ccc(-c2cn(C(C(=O)N3CCCC3C(=O)NC(CO)c3ccc(-c4ncccn4)cc3)C(C)C)nn2)cc1.[Pd]. The monoisotopic (exact) mass is 1290 g/mol. The van der Waals surface area contributed by atoms with Crippen molar-refractivity contribution in [1.29, 1.82) is 0 Å². The number of aliphatic hydroxyl groups excluding tert-OH is 1. The molecule has 1 aliphatic carbocycles. The van der Waals surface area contributed by atoms with Gasteiger partial charge in [-0.25, -0.2) is 23.8 Å². The molecule has 2 N–H and O–H groups in total. The third-order valence-electron chi connectivity index (χ3n) is 17.5. The Labute approximate surface area is 522 Å². The van der Waals surface area contributed by atoms with Gasteiger partial charge >= 0.3 is 12.1 Å². The summed E-state index contributed by atoms with van der Waals surface area (Å²) >= 11 is 0. The summed E-state index contributed by atoms with van der Waals surface area (Å²) in [5.41, 5.74) is 6.73. The van der Waals surface area contributed by atoms with Crippen LogP contribution in [-0.4, -0.2) is 142 Å². The van der Waals surface area contributed by atoms with E-state index in [4.69, 9.17) is 28.9 Å². The summed E-state index contributed by atoms with van der Waals surface area (Å²) in [6.07, 6.45) is 11.3. The summed E-state index contributed by atoms with van der Waals surface area (Å²) in [6.45, 7) is 13.6. The van der Waals surface area contributed by atoms with E-state index < -0.39 is 29.5 Å². The number of benzene rings is 4. The van der Waals surface area contributed by atoms with E-state index in [1.54, 1.807) is 47.4 Å². The van der Waals surface area contributed by atoms with Gasteiger partial charge in [0.1, 0.15) is 53.2 Å². The fraction of sp³-hybridized carbons (Fsp3) is 0.446. The van der Waals surface area contributed by atoms with Crippen molar-refractivity contribution in [3.05, 3.63) is 120 Å². The molecule has 4 saturated heterocycles. The van der Waals surface area contributed by atoms with Crippen LogP contribution < -0.4 is 24.8 Å². The molecule has 5 unspecified atom stereocenters. The number of aromatic nitrogens is 9. The van der Waals surface area contributed by atoms with E-state index in [0.29, 0.717) is 115 Å². The van der Waals surface area contributed by atoms with E-state index >= 15 is 4.39 Å². The van der Waals surface area contributed by atoms with Crippen LogP contribution in [0.25, 0.3) is 55.6 Å². The predicted molar refractivity (Wildman–Crippen MR) is 321 cm³/mol. The third-order valence-corrected chi connectivity index (χ3v) is 17.5. The second kappa shape index (κ2) is 24.9. The summed E-state index contributed by atoms with van der Waals surface area (Å²) in [4.78, 5) is 67.0. The molecule has 1 saturated carbocycles. The Balaban J connectivity index is 0.00000754. The van der Waals surface area contributed by atoms with E-state index in [2.05, 4.69) is 46.8 Å². The number of piperazine rings is 1. The number of nitrogens with zero attached hydrogens (tertiary/aromatic N) is 12. The summed E-state index contributed by atoms with van der Waals surface area (Å²) in [5, 5.41) is 32.5. The molecule has 13 rings (SSSR count). The average Bonchev–Trinajstić information content (AvgIpc) is 1.80. The van der Waals surface area contributed by atoms with Crippen molar-refractivity contribution in [3.8, 4) is 45.5 Å². The fourth-order valence-corrected chi connectivity index (χ4v) is 12.9. The number of halogens is 1. The Morgan fingerprint density at radius 2 is 1.65 bits per heavy atom. The molecule has 5 aliphatic rings. The van der Waals surface area contributed by atoms with Gasteiger partial charge in [0.05, 0.1) is 49.7 Å². The van der Waals surface area contributed by atoms with Crippen molar-refractivity contribution < 1.29 is 63.3 Å². The van der Waals surface area contributed by atoms with Crippen molar-refractivity contribution in [2.45, 2.75) is 141 Å². The van der Waals surface area contributed by atoms with E-state index in [9.17, 15) is 19.5 Å². The molecule has 5 atom stereocenters. The molecule has 8 heterocycles. The number of likely N-dealkylation sites (tertiary alicyclic amines) is 2. The molecule has 2 bridgehead atoms. The van der Waals surface area contributed by atoms with Gasteiger partial charge in [0, 0.05) is 87.4 Å². The first kappa shape index (κ1) is 60.3. The summed E-state index contributed by atoms with van der Waals surface area (Å²) in [5.74, 6) is 0.651. The number of carbonyl (C=O) groups excluding carboxylic acids is 3. The molecule has 462 valence electrons. The van der Waals surface area contributed by atoms with Gasteiger partial charge in [-0.2, -0.15) is 16.2 Å².